The monoisotopic (exact) mass is 290 g/mol. The highest BCUT2D eigenvalue weighted by atomic mass is 35.5. The number of para-hydroxylation sites is 1. The summed E-state index contributed by atoms with van der Waals surface area (Å²) < 4.78 is 0. The number of halogens is 1. The molecule has 0 unspecified atom stereocenters. The van der Waals surface area contributed by atoms with E-state index in [0.717, 1.165) is 23.9 Å². The van der Waals surface area contributed by atoms with Crippen molar-refractivity contribution in [2.24, 2.45) is 5.92 Å². The minimum absolute atomic E-state index is 0.00819. The highest BCUT2D eigenvalue weighted by Gasteiger charge is 2.16. The van der Waals surface area contributed by atoms with Gasteiger partial charge in [0.2, 0.25) is 0 Å². The van der Waals surface area contributed by atoms with Crippen LogP contribution in [0.3, 0.4) is 0 Å². The standard InChI is InChI=1S/C16H19ClN2O/c1-11(2)8-9-19(3)16(20)13-10-15(17)18-14-7-5-4-6-12(13)14/h4-7,10-11H,8-9H2,1-3H3. The molecule has 0 saturated heterocycles. The van der Waals surface area contributed by atoms with Crippen molar-refractivity contribution in [2.45, 2.75) is 20.3 Å². The normalized spacial score (nSPS) is 11.1. The number of benzene rings is 1. The number of hydrogen-bond acceptors (Lipinski definition) is 2. The molecule has 3 nitrogen and oxygen atoms in total. The summed E-state index contributed by atoms with van der Waals surface area (Å²) in [6.07, 6.45) is 0.985. The summed E-state index contributed by atoms with van der Waals surface area (Å²) >= 11 is 6.02. The van der Waals surface area contributed by atoms with Crippen molar-refractivity contribution in [2.75, 3.05) is 13.6 Å². The summed E-state index contributed by atoms with van der Waals surface area (Å²) in [5.41, 5.74) is 1.37. The molecule has 1 aromatic heterocycles. The van der Waals surface area contributed by atoms with Crippen molar-refractivity contribution in [3.05, 3.63) is 41.0 Å². The van der Waals surface area contributed by atoms with Crippen LogP contribution >= 0.6 is 11.6 Å². The zero-order chi connectivity index (χ0) is 14.7. The molecule has 1 aromatic carbocycles. The van der Waals surface area contributed by atoms with E-state index in [1.165, 1.54) is 0 Å². The van der Waals surface area contributed by atoms with Gasteiger partial charge in [-0.1, -0.05) is 43.6 Å². The van der Waals surface area contributed by atoms with Gasteiger partial charge in [-0.2, -0.15) is 0 Å². The summed E-state index contributed by atoms with van der Waals surface area (Å²) in [6.45, 7) is 5.04. The van der Waals surface area contributed by atoms with E-state index in [9.17, 15) is 4.79 Å². The Balaban J connectivity index is 2.34. The predicted molar refractivity (Wildman–Crippen MR) is 83.2 cm³/mol. The number of nitrogens with zero attached hydrogens (tertiary/aromatic N) is 2. The number of carbonyl (C=O) groups excluding carboxylic acids is 1. The molecular weight excluding hydrogens is 272 g/mol. The first-order valence-corrected chi connectivity index (χ1v) is 7.17. The van der Waals surface area contributed by atoms with Gasteiger partial charge in [0, 0.05) is 19.0 Å². The van der Waals surface area contributed by atoms with Crippen molar-refractivity contribution >= 4 is 28.4 Å². The lowest BCUT2D eigenvalue weighted by Gasteiger charge is -2.19. The lowest BCUT2D eigenvalue weighted by atomic mass is 10.1. The average Bonchev–Trinajstić information content (AvgIpc) is 2.42. The van der Waals surface area contributed by atoms with Crippen LogP contribution in [0.2, 0.25) is 5.15 Å². The van der Waals surface area contributed by atoms with Gasteiger partial charge in [0.05, 0.1) is 11.1 Å². The molecule has 0 spiro atoms. The second-order valence-electron chi connectivity index (χ2n) is 5.42. The lowest BCUT2D eigenvalue weighted by molar-refractivity contribution is 0.0791. The molecule has 0 bridgehead atoms. The summed E-state index contributed by atoms with van der Waals surface area (Å²) in [4.78, 5) is 18.6. The number of rotatable bonds is 4. The lowest BCUT2D eigenvalue weighted by Crippen LogP contribution is -2.28. The Bertz CT molecular complexity index is 625. The highest BCUT2D eigenvalue weighted by molar-refractivity contribution is 6.30. The average molecular weight is 291 g/mol. The minimum Gasteiger partial charge on any atom is -0.342 e. The molecule has 1 amide bonds. The third kappa shape index (κ3) is 3.28. The third-order valence-electron chi connectivity index (χ3n) is 3.30. The van der Waals surface area contributed by atoms with Crippen LogP contribution in [-0.4, -0.2) is 29.4 Å². The number of hydrogen-bond donors (Lipinski definition) is 0. The van der Waals surface area contributed by atoms with E-state index in [2.05, 4.69) is 18.8 Å². The Morgan fingerprint density at radius 2 is 2.05 bits per heavy atom. The van der Waals surface area contributed by atoms with Crippen molar-refractivity contribution in [1.29, 1.82) is 0 Å². The Kier molecular flexibility index (Phi) is 4.61. The predicted octanol–water partition coefficient (Wildman–Crippen LogP) is 4.01. The van der Waals surface area contributed by atoms with E-state index >= 15 is 0 Å². The van der Waals surface area contributed by atoms with Crippen LogP contribution in [0.5, 0.6) is 0 Å². The van der Waals surface area contributed by atoms with E-state index in [-0.39, 0.29) is 5.91 Å². The topological polar surface area (TPSA) is 33.2 Å². The smallest absolute Gasteiger partial charge is 0.254 e. The Morgan fingerprint density at radius 1 is 1.35 bits per heavy atom. The van der Waals surface area contributed by atoms with Crippen molar-refractivity contribution < 1.29 is 4.79 Å². The molecule has 0 N–H and O–H groups in total. The summed E-state index contributed by atoms with van der Waals surface area (Å²) in [7, 11) is 1.83. The largest absolute Gasteiger partial charge is 0.342 e. The number of aromatic nitrogens is 1. The second-order valence-corrected chi connectivity index (χ2v) is 5.81. The minimum atomic E-state index is -0.00819. The van der Waals surface area contributed by atoms with E-state index < -0.39 is 0 Å². The van der Waals surface area contributed by atoms with Gasteiger partial charge in [0.15, 0.2) is 0 Å². The van der Waals surface area contributed by atoms with Crippen LogP contribution in [0.4, 0.5) is 0 Å². The van der Waals surface area contributed by atoms with Crippen LogP contribution < -0.4 is 0 Å². The first-order valence-electron chi connectivity index (χ1n) is 6.80. The number of amides is 1. The second kappa shape index (κ2) is 6.23. The van der Waals surface area contributed by atoms with E-state index in [4.69, 9.17) is 11.6 Å². The van der Waals surface area contributed by atoms with E-state index in [1.807, 2.05) is 31.3 Å². The molecular formula is C16H19ClN2O. The zero-order valence-electron chi connectivity index (χ0n) is 12.1. The maximum Gasteiger partial charge on any atom is 0.254 e. The molecule has 2 aromatic rings. The van der Waals surface area contributed by atoms with Gasteiger partial charge in [-0.25, -0.2) is 4.98 Å². The fraction of sp³-hybridized carbons (Fsp3) is 0.375. The third-order valence-corrected chi connectivity index (χ3v) is 3.50. The summed E-state index contributed by atoms with van der Waals surface area (Å²) in [6, 6.07) is 9.22. The van der Waals surface area contributed by atoms with Gasteiger partial charge >= 0.3 is 0 Å². The molecule has 0 saturated carbocycles. The van der Waals surface area contributed by atoms with Crippen LogP contribution in [0.25, 0.3) is 10.9 Å². The molecule has 0 aliphatic heterocycles. The molecule has 0 aliphatic carbocycles. The van der Waals surface area contributed by atoms with E-state index in [1.54, 1.807) is 11.0 Å². The van der Waals surface area contributed by atoms with Crippen LogP contribution in [0, 0.1) is 5.92 Å². The molecule has 2 rings (SSSR count). The van der Waals surface area contributed by atoms with Crippen molar-refractivity contribution in [1.82, 2.24) is 9.88 Å². The summed E-state index contributed by atoms with van der Waals surface area (Å²) in [5, 5.41) is 1.20. The van der Waals surface area contributed by atoms with Gasteiger partial charge in [0.1, 0.15) is 5.15 Å². The fourth-order valence-corrected chi connectivity index (χ4v) is 2.28. The van der Waals surface area contributed by atoms with Gasteiger partial charge in [-0.05, 0) is 24.5 Å². The Morgan fingerprint density at radius 3 is 2.75 bits per heavy atom. The molecule has 4 heteroatoms. The first kappa shape index (κ1) is 14.8. The van der Waals surface area contributed by atoms with Gasteiger partial charge < -0.3 is 4.90 Å². The molecule has 0 radical (unpaired) electrons. The molecule has 20 heavy (non-hydrogen) atoms. The van der Waals surface area contributed by atoms with Gasteiger partial charge in [-0.15, -0.1) is 0 Å². The maximum absolute atomic E-state index is 12.6. The Labute approximate surface area is 124 Å². The van der Waals surface area contributed by atoms with Crippen molar-refractivity contribution in [3.63, 3.8) is 0 Å². The zero-order valence-corrected chi connectivity index (χ0v) is 12.8. The molecule has 106 valence electrons. The SMILES string of the molecule is CC(C)CCN(C)C(=O)c1cc(Cl)nc2ccccc12. The van der Waals surface area contributed by atoms with Crippen LogP contribution in [0.15, 0.2) is 30.3 Å². The highest BCUT2D eigenvalue weighted by Crippen LogP contribution is 2.22. The maximum atomic E-state index is 12.6. The summed E-state index contributed by atoms with van der Waals surface area (Å²) in [5.74, 6) is 0.564. The Hall–Kier alpha value is -1.61. The fourth-order valence-electron chi connectivity index (χ4n) is 2.08. The molecule has 1 heterocycles. The number of fused-ring (bicyclic) bond motifs is 1. The number of pyridine rings is 1. The quantitative estimate of drug-likeness (QED) is 0.797. The van der Waals surface area contributed by atoms with Gasteiger partial charge in [-0.3, -0.25) is 4.79 Å². The first-order chi connectivity index (χ1) is 9.49. The van der Waals surface area contributed by atoms with Crippen molar-refractivity contribution in [3.8, 4) is 0 Å². The van der Waals surface area contributed by atoms with Gasteiger partial charge in [0.25, 0.3) is 5.91 Å². The van der Waals surface area contributed by atoms with Crippen LogP contribution in [0.1, 0.15) is 30.6 Å². The molecule has 0 aliphatic rings. The number of carbonyl (C=O) groups is 1. The van der Waals surface area contributed by atoms with Crippen LogP contribution in [-0.2, 0) is 0 Å². The molecule has 0 atom stereocenters. The van der Waals surface area contributed by atoms with E-state index in [0.29, 0.717) is 16.6 Å². The molecule has 0 fully saturated rings.